The van der Waals surface area contributed by atoms with Gasteiger partial charge < -0.3 is 20.1 Å². The first kappa shape index (κ1) is 22.9. The summed E-state index contributed by atoms with van der Waals surface area (Å²) in [5, 5.41) is 3.11. The van der Waals surface area contributed by atoms with Gasteiger partial charge in [0.25, 0.3) is 5.91 Å². The van der Waals surface area contributed by atoms with Crippen LogP contribution in [0.4, 0.5) is 0 Å². The Morgan fingerprint density at radius 2 is 1.80 bits per heavy atom. The molecule has 3 rings (SSSR count). The summed E-state index contributed by atoms with van der Waals surface area (Å²) in [5.41, 5.74) is 4.01. The highest BCUT2D eigenvalue weighted by atomic mass is 16.2. The third kappa shape index (κ3) is 5.87. The number of piperidine rings is 2. The van der Waals surface area contributed by atoms with E-state index in [1.807, 2.05) is 18.7 Å². The van der Waals surface area contributed by atoms with Crippen LogP contribution in [0.1, 0.15) is 72.8 Å². The summed E-state index contributed by atoms with van der Waals surface area (Å²) in [6, 6.07) is 0. The van der Waals surface area contributed by atoms with Crippen LogP contribution in [0.3, 0.4) is 0 Å². The van der Waals surface area contributed by atoms with Crippen molar-refractivity contribution in [2.24, 2.45) is 11.8 Å². The Bertz CT molecular complexity index is 734. The number of amides is 2. The molecular weight excluding hydrogens is 376 g/mol. The SMILES string of the molecule is Cc1[nH]c(C(=O)N2CCC(CC(=O)NCCCN3CCC[C@H](C)C3)CC2)c(C)c1C. The summed E-state index contributed by atoms with van der Waals surface area (Å²) < 4.78 is 0. The average Bonchev–Trinajstić information content (AvgIpc) is 2.99. The van der Waals surface area contributed by atoms with Gasteiger partial charge in [-0.05, 0) is 88.9 Å². The van der Waals surface area contributed by atoms with Crippen LogP contribution in [0.2, 0.25) is 0 Å². The van der Waals surface area contributed by atoms with Gasteiger partial charge in [0.15, 0.2) is 0 Å². The molecule has 0 unspecified atom stereocenters. The zero-order chi connectivity index (χ0) is 21.7. The molecule has 0 saturated carbocycles. The van der Waals surface area contributed by atoms with E-state index >= 15 is 0 Å². The summed E-state index contributed by atoms with van der Waals surface area (Å²) in [5.74, 6) is 1.45. The van der Waals surface area contributed by atoms with E-state index in [0.717, 1.165) is 68.3 Å². The Hall–Kier alpha value is -1.82. The van der Waals surface area contributed by atoms with E-state index in [2.05, 4.69) is 29.0 Å². The van der Waals surface area contributed by atoms with Crippen molar-refractivity contribution in [2.45, 2.75) is 66.2 Å². The van der Waals surface area contributed by atoms with E-state index in [9.17, 15) is 9.59 Å². The molecule has 1 aromatic heterocycles. The predicted octanol–water partition coefficient (Wildman–Crippen LogP) is 3.42. The third-order valence-electron chi connectivity index (χ3n) is 7.12. The number of likely N-dealkylation sites (tertiary alicyclic amines) is 2. The number of hydrogen-bond acceptors (Lipinski definition) is 3. The summed E-state index contributed by atoms with van der Waals surface area (Å²) >= 11 is 0. The molecule has 0 aliphatic carbocycles. The van der Waals surface area contributed by atoms with Crippen molar-refractivity contribution in [1.82, 2.24) is 20.1 Å². The number of aromatic nitrogens is 1. The highest BCUT2D eigenvalue weighted by molar-refractivity contribution is 5.94. The minimum Gasteiger partial charge on any atom is -0.356 e. The Morgan fingerprint density at radius 3 is 2.43 bits per heavy atom. The first-order chi connectivity index (χ1) is 14.3. The molecule has 6 nitrogen and oxygen atoms in total. The molecule has 2 aliphatic heterocycles. The number of aromatic amines is 1. The molecule has 1 atom stereocenters. The molecule has 1 aromatic rings. The number of carbonyl (C=O) groups is 2. The Kier molecular flexibility index (Phi) is 7.98. The second-order valence-corrected chi connectivity index (χ2v) is 9.57. The molecule has 2 amide bonds. The predicted molar refractivity (Wildman–Crippen MR) is 121 cm³/mol. The van der Waals surface area contributed by atoms with Gasteiger partial charge in [0.2, 0.25) is 5.91 Å². The maximum Gasteiger partial charge on any atom is 0.270 e. The van der Waals surface area contributed by atoms with Gasteiger partial charge in [-0.2, -0.15) is 0 Å². The molecule has 0 aromatic carbocycles. The van der Waals surface area contributed by atoms with E-state index in [0.29, 0.717) is 12.3 Å². The van der Waals surface area contributed by atoms with E-state index in [4.69, 9.17) is 0 Å². The van der Waals surface area contributed by atoms with Crippen LogP contribution < -0.4 is 5.32 Å². The standard InChI is InChI=1S/C24H40N4O2/c1-17-7-5-11-27(16-17)12-6-10-25-22(29)15-21-8-13-28(14-9-21)24(30)23-19(3)18(2)20(4)26-23/h17,21,26H,5-16H2,1-4H3,(H,25,29)/t17-/m0/s1. The molecule has 30 heavy (non-hydrogen) atoms. The smallest absolute Gasteiger partial charge is 0.270 e. The maximum absolute atomic E-state index is 12.9. The molecule has 0 bridgehead atoms. The van der Waals surface area contributed by atoms with E-state index < -0.39 is 0 Å². The average molecular weight is 417 g/mol. The molecular formula is C24H40N4O2. The molecule has 0 radical (unpaired) electrons. The Balaban J connectivity index is 1.33. The Labute approximate surface area is 181 Å². The fourth-order valence-electron chi connectivity index (χ4n) is 4.91. The number of rotatable bonds is 7. The fourth-order valence-corrected chi connectivity index (χ4v) is 4.91. The van der Waals surface area contributed by atoms with Crippen molar-refractivity contribution in [2.75, 3.05) is 39.3 Å². The first-order valence-electron chi connectivity index (χ1n) is 11.8. The minimum atomic E-state index is 0.0960. The zero-order valence-corrected chi connectivity index (χ0v) is 19.4. The molecule has 2 aliphatic rings. The van der Waals surface area contributed by atoms with Gasteiger partial charge in [-0.3, -0.25) is 9.59 Å². The zero-order valence-electron chi connectivity index (χ0n) is 19.4. The van der Waals surface area contributed by atoms with E-state index in [1.54, 1.807) is 0 Å². The number of H-pyrrole nitrogens is 1. The monoisotopic (exact) mass is 416 g/mol. The second-order valence-electron chi connectivity index (χ2n) is 9.57. The summed E-state index contributed by atoms with van der Waals surface area (Å²) in [7, 11) is 0. The van der Waals surface area contributed by atoms with E-state index in [-0.39, 0.29) is 11.8 Å². The molecule has 0 spiro atoms. The molecule has 2 fully saturated rings. The third-order valence-corrected chi connectivity index (χ3v) is 7.12. The maximum atomic E-state index is 12.9. The quantitative estimate of drug-likeness (QED) is 0.669. The van der Waals surface area contributed by atoms with Crippen LogP contribution in [0.5, 0.6) is 0 Å². The summed E-state index contributed by atoms with van der Waals surface area (Å²) in [6.07, 6.45) is 6.08. The number of hydrogen-bond donors (Lipinski definition) is 2. The summed E-state index contributed by atoms with van der Waals surface area (Å²) in [4.78, 5) is 32.9. The van der Waals surface area contributed by atoms with Crippen molar-refractivity contribution in [1.29, 1.82) is 0 Å². The largest absolute Gasteiger partial charge is 0.356 e. The van der Waals surface area contributed by atoms with Crippen LogP contribution in [0.25, 0.3) is 0 Å². The molecule has 6 heteroatoms. The van der Waals surface area contributed by atoms with Crippen LogP contribution in [-0.2, 0) is 4.79 Å². The van der Waals surface area contributed by atoms with Crippen LogP contribution in [0, 0.1) is 32.6 Å². The number of nitrogens with zero attached hydrogens (tertiary/aromatic N) is 2. The molecule has 3 heterocycles. The normalized spacial score (nSPS) is 21.1. The Morgan fingerprint density at radius 1 is 1.07 bits per heavy atom. The van der Waals surface area contributed by atoms with Crippen LogP contribution in [-0.4, -0.2) is 65.9 Å². The van der Waals surface area contributed by atoms with Crippen molar-refractivity contribution in [3.8, 4) is 0 Å². The second kappa shape index (κ2) is 10.5. The highest BCUT2D eigenvalue weighted by Crippen LogP contribution is 2.24. The lowest BCUT2D eigenvalue weighted by molar-refractivity contribution is -0.122. The molecule has 2 N–H and O–H groups in total. The first-order valence-corrected chi connectivity index (χ1v) is 11.8. The number of nitrogens with one attached hydrogen (secondary N) is 2. The van der Waals surface area contributed by atoms with Gasteiger partial charge in [-0.25, -0.2) is 0 Å². The summed E-state index contributed by atoms with van der Waals surface area (Å²) in [6.45, 7) is 14.1. The van der Waals surface area contributed by atoms with Gasteiger partial charge in [-0.1, -0.05) is 6.92 Å². The van der Waals surface area contributed by atoms with Crippen LogP contribution in [0.15, 0.2) is 0 Å². The van der Waals surface area contributed by atoms with E-state index in [1.165, 1.54) is 31.5 Å². The van der Waals surface area contributed by atoms with Crippen molar-refractivity contribution in [3.05, 3.63) is 22.5 Å². The van der Waals surface area contributed by atoms with Crippen molar-refractivity contribution in [3.63, 3.8) is 0 Å². The van der Waals surface area contributed by atoms with Crippen molar-refractivity contribution < 1.29 is 9.59 Å². The van der Waals surface area contributed by atoms with Crippen molar-refractivity contribution >= 4 is 11.8 Å². The van der Waals surface area contributed by atoms with Crippen LogP contribution >= 0.6 is 0 Å². The van der Waals surface area contributed by atoms with Gasteiger partial charge in [-0.15, -0.1) is 0 Å². The minimum absolute atomic E-state index is 0.0960. The van der Waals surface area contributed by atoms with Gasteiger partial charge in [0.05, 0.1) is 0 Å². The fraction of sp³-hybridized carbons (Fsp3) is 0.750. The topological polar surface area (TPSA) is 68.4 Å². The number of aryl methyl sites for hydroxylation is 1. The lowest BCUT2D eigenvalue weighted by Gasteiger charge is -2.32. The molecule has 168 valence electrons. The van der Waals surface area contributed by atoms with Gasteiger partial charge in [0, 0.05) is 38.3 Å². The highest BCUT2D eigenvalue weighted by Gasteiger charge is 2.27. The lowest BCUT2D eigenvalue weighted by Crippen LogP contribution is -2.40. The van der Waals surface area contributed by atoms with Gasteiger partial charge in [0.1, 0.15) is 5.69 Å². The molecule has 2 saturated heterocycles. The number of carbonyl (C=O) groups excluding carboxylic acids is 2. The lowest BCUT2D eigenvalue weighted by atomic mass is 9.93. The van der Waals surface area contributed by atoms with Gasteiger partial charge >= 0.3 is 0 Å².